The van der Waals surface area contributed by atoms with E-state index in [1.165, 1.54) is 73.6 Å². The van der Waals surface area contributed by atoms with Crippen molar-refractivity contribution >= 4 is 22.3 Å². The van der Waals surface area contributed by atoms with Crippen molar-refractivity contribution in [2.24, 2.45) is 0 Å². The van der Waals surface area contributed by atoms with Gasteiger partial charge in [0.05, 0.1) is 17.8 Å². The summed E-state index contributed by atoms with van der Waals surface area (Å²) in [7, 11) is 0. The molecule has 3 aromatic rings. The highest BCUT2D eigenvalue weighted by Gasteiger charge is 2.45. The number of benzene rings is 2. The lowest BCUT2D eigenvalue weighted by atomic mass is 9.95. The first kappa shape index (κ1) is 23.0. The SMILES string of the molecule is [HH].c1ccc2c(N3CCc4c(nc(OCC56CCCN5CCC6)nc4N4CC5CCC(C4)N5)C3)cccc2c1. The van der Waals surface area contributed by atoms with Crippen LogP contribution in [0.2, 0.25) is 0 Å². The van der Waals surface area contributed by atoms with E-state index in [1.54, 1.807) is 0 Å². The maximum Gasteiger partial charge on any atom is 0.318 e. The van der Waals surface area contributed by atoms with Crippen LogP contribution >= 0.6 is 0 Å². The minimum absolute atomic E-state index is 0. The van der Waals surface area contributed by atoms with Gasteiger partial charge >= 0.3 is 6.01 Å². The molecule has 38 heavy (non-hydrogen) atoms. The van der Waals surface area contributed by atoms with E-state index in [2.05, 4.69) is 62.5 Å². The van der Waals surface area contributed by atoms with Gasteiger partial charge in [0.1, 0.15) is 12.4 Å². The maximum absolute atomic E-state index is 6.55. The van der Waals surface area contributed by atoms with Crippen molar-refractivity contribution < 1.29 is 6.16 Å². The third kappa shape index (κ3) is 3.85. The van der Waals surface area contributed by atoms with Crippen molar-refractivity contribution in [3.63, 3.8) is 0 Å². The van der Waals surface area contributed by atoms with E-state index in [1.807, 2.05) is 0 Å². The zero-order valence-corrected chi connectivity index (χ0v) is 22.2. The van der Waals surface area contributed by atoms with E-state index in [0.717, 1.165) is 44.1 Å². The van der Waals surface area contributed by atoms with Crippen LogP contribution in [0.4, 0.5) is 11.5 Å². The van der Waals surface area contributed by atoms with Crippen LogP contribution in [-0.4, -0.2) is 71.8 Å². The van der Waals surface area contributed by atoms with Crippen molar-refractivity contribution in [3.8, 4) is 6.01 Å². The van der Waals surface area contributed by atoms with E-state index in [9.17, 15) is 0 Å². The number of hydrogen-bond donors (Lipinski definition) is 1. The van der Waals surface area contributed by atoms with Crippen LogP contribution < -0.4 is 19.9 Å². The molecule has 8 rings (SSSR count). The van der Waals surface area contributed by atoms with Crippen LogP contribution in [0.3, 0.4) is 0 Å². The predicted octanol–water partition coefficient (Wildman–Crippen LogP) is 4.39. The summed E-state index contributed by atoms with van der Waals surface area (Å²) in [5, 5.41) is 6.38. The lowest BCUT2D eigenvalue weighted by molar-refractivity contribution is 0.107. The molecule has 2 atom stereocenters. The Balaban J connectivity index is 0.00000253. The molecule has 0 aliphatic carbocycles. The highest BCUT2D eigenvalue weighted by Crippen LogP contribution is 2.40. The molecular weight excluding hydrogens is 472 g/mol. The van der Waals surface area contributed by atoms with Gasteiger partial charge in [-0.1, -0.05) is 36.4 Å². The van der Waals surface area contributed by atoms with Crippen LogP contribution in [0.15, 0.2) is 42.5 Å². The van der Waals surface area contributed by atoms with E-state index < -0.39 is 0 Å². The monoisotopic (exact) mass is 512 g/mol. The van der Waals surface area contributed by atoms with Crippen LogP contribution in [0.5, 0.6) is 6.01 Å². The number of aromatic nitrogens is 2. The number of nitrogens with zero attached hydrogens (tertiary/aromatic N) is 5. The average Bonchev–Trinajstić information content (AvgIpc) is 3.64. The van der Waals surface area contributed by atoms with Gasteiger partial charge in [0, 0.05) is 49.8 Å². The second kappa shape index (κ2) is 9.09. The normalized spacial score (nSPS) is 26.1. The summed E-state index contributed by atoms with van der Waals surface area (Å²) in [5.41, 5.74) is 3.96. The molecule has 7 nitrogen and oxygen atoms in total. The molecule has 0 saturated carbocycles. The zero-order valence-electron chi connectivity index (χ0n) is 22.2. The quantitative estimate of drug-likeness (QED) is 0.544. The number of hydrogen-bond acceptors (Lipinski definition) is 7. The Labute approximate surface area is 226 Å². The van der Waals surface area contributed by atoms with E-state index in [-0.39, 0.29) is 6.97 Å². The van der Waals surface area contributed by atoms with Gasteiger partial charge in [-0.25, -0.2) is 0 Å². The molecule has 7 heteroatoms. The Morgan fingerprint density at radius 1 is 0.921 bits per heavy atom. The number of rotatable bonds is 5. The fraction of sp³-hybridized carbons (Fsp3) is 0.548. The summed E-state index contributed by atoms with van der Waals surface area (Å²) in [6.45, 7) is 6.98. The molecule has 4 fully saturated rings. The van der Waals surface area contributed by atoms with E-state index in [0.29, 0.717) is 24.7 Å². The van der Waals surface area contributed by atoms with Gasteiger partial charge in [-0.15, -0.1) is 0 Å². The molecule has 4 saturated heterocycles. The number of ether oxygens (including phenoxy) is 1. The molecule has 6 heterocycles. The van der Waals surface area contributed by atoms with Gasteiger partial charge in [-0.05, 0) is 69.5 Å². The molecule has 5 aliphatic heterocycles. The zero-order chi connectivity index (χ0) is 25.1. The van der Waals surface area contributed by atoms with Gasteiger partial charge in [0.25, 0.3) is 0 Å². The summed E-state index contributed by atoms with van der Waals surface area (Å²) in [5.74, 6) is 1.13. The second-order valence-electron chi connectivity index (χ2n) is 12.2. The van der Waals surface area contributed by atoms with Gasteiger partial charge < -0.3 is 19.9 Å². The van der Waals surface area contributed by atoms with Crippen molar-refractivity contribution in [1.29, 1.82) is 0 Å². The summed E-state index contributed by atoms with van der Waals surface area (Å²) in [6.07, 6.45) is 8.54. The lowest BCUT2D eigenvalue weighted by Crippen LogP contribution is -2.52. The number of anilines is 2. The van der Waals surface area contributed by atoms with Crippen LogP contribution in [0.25, 0.3) is 10.8 Å². The predicted molar refractivity (Wildman–Crippen MR) is 153 cm³/mol. The van der Waals surface area contributed by atoms with Crippen LogP contribution in [0, 0.1) is 0 Å². The Kier molecular flexibility index (Phi) is 5.51. The van der Waals surface area contributed by atoms with E-state index >= 15 is 0 Å². The highest BCUT2D eigenvalue weighted by molar-refractivity contribution is 5.94. The van der Waals surface area contributed by atoms with Crippen molar-refractivity contribution in [1.82, 2.24) is 20.2 Å². The third-order valence-electron chi connectivity index (χ3n) is 9.93. The molecule has 0 radical (unpaired) electrons. The summed E-state index contributed by atoms with van der Waals surface area (Å²) in [6, 6.07) is 17.1. The molecular formula is C31H40N6O. The molecule has 2 aromatic carbocycles. The number of fused-ring (bicyclic) bond motifs is 5. The van der Waals surface area contributed by atoms with E-state index in [4.69, 9.17) is 14.7 Å². The minimum atomic E-state index is 0. The molecule has 1 N–H and O–H groups in total. The molecule has 2 unspecified atom stereocenters. The first-order valence-electron chi connectivity index (χ1n) is 14.8. The van der Waals surface area contributed by atoms with Crippen LogP contribution in [0.1, 0.15) is 51.2 Å². The molecule has 0 spiro atoms. The second-order valence-corrected chi connectivity index (χ2v) is 12.2. The number of nitrogens with one attached hydrogen (secondary N) is 1. The van der Waals surface area contributed by atoms with Crippen molar-refractivity contribution in [3.05, 3.63) is 53.7 Å². The molecule has 5 aliphatic rings. The van der Waals surface area contributed by atoms with Gasteiger partial charge in [0.2, 0.25) is 0 Å². The van der Waals surface area contributed by atoms with Gasteiger partial charge in [0.15, 0.2) is 0 Å². The summed E-state index contributed by atoms with van der Waals surface area (Å²) >= 11 is 0. The number of piperazine rings is 1. The molecule has 2 bridgehead atoms. The Hall–Kier alpha value is -2.90. The van der Waals surface area contributed by atoms with Crippen molar-refractivity contribution in [2.45, 2.75) is 69.1 Å². The standard InChI is InChI=1S/C31H38N6O.H2/c1-2-8-25-22(6-1)7-3-9-28(25)35-17-12-26-27(20-35)33-30(38-21-31-13-4-15-37(31)16-5-14-31)34-29(26)36-18-23-10-11-24(19-36)32-23;/h1-3,6-9,23-24,32H,4-5,10-21H2;1H. The van der Waals surface area contributed by atoms with Gasteiger partial charge in [-0.2, -0.15) is 9.97 Å². The maximum atomic E-state index is 6.55. The average molecular weight is 513 g/mol. The summed E-state index contributed by atoms with van der Waals surface area (Å²) < 4.78 is 6.55. The van der Waals surface area contributed by atoms with Crippen molar-refractivity contribution in [2.75, 3.05) is 49.1 Å². The Morgan fingerprint density at radius 2 is 1.71 bits per heavy atom. The molecule has 1 aromatic heterocycles. The Morgan fingerprint density at radius 3 is 2.55 bits per heavy atom. The Bertz CT molecular complexity index is 1340. The molecule has 200 valence electrons. The smallest absolute Gasteiger partial charge is 0.318 e. The van der Waals surface area contributed by atoms with Crippen LogP contribution in [-0.2, 0) is 13.0 Å². The first-order valence-corrected chi connectivity index (χ1v) is 14.8. The highest BCUT2D eigenvalue weighted by atomic mass is 16.5. The topological polar surface area (TPSA) is 56.8 Å². The largest absolute Gasteiger partial charge is 0.461 e. The fourth-order valence-electron chi connectivity index (χ4n) is 8.03. The molecule has 0 amide bonds. The fourth-order valence-corrected chi connectivity index (χ4v) is 8.03. The lowest BCUT2D eigenvalue weighted by Gasteiger charge is -2.38. The van der Waals surface area contributed by atoms with Gasteiger partial charge in [-0.3, -0.25) is 4.90 Å². The third-order valence-corrected chi connectivity index (χ3v) is 9.93. The minimum Gasteiger partial charge on any atom is -0.461 e. The first-order chi connectivity index (χ1) is 18.7. The summed E-state index contributed by atoms with van der Waals surface area (Å²) in [4.78, 5) is 18.0.